The summed E-state index contributed by atoms with van der Waals surface area (Å²) in [6, 6.07) is 20.4. The number of nitrogens with zero attached hydrogens (tertiary/aromatic N) is 2. The maximum atomic E-state index is 13.2. The summed E-state index contributed by atoms with van der Waals surface area (Å²) in [7, 11) is 0. The van der Waals surface area contributed by atoms with E-state index in [-0.39, 0.29) is 23.5 Å². The number of thioether (sulfide) groups is 1. The number of nitrogens with one attached hydrogen (secondary N) is 2. The standard InChI is InChI=1S/C29H28N4O4S2/c1-19-6-8-20(9-7-19)17-30-26(34)18-38-29-32-24-11-10-21(16-25(24)39-29)31-27(35)22-4-2-3-5-23(22)28(36)33-12-14-37-15-13-33/h2-11,16H,12-15,17-18H2,1H3,(H,30,34)(H,31,35). The molecule has 1 aliphatic heterocycles. The molecule has 1 saturated heterocycles. The molecule has 5 rings (SSSR count). The van der Waals surface area contributed by atoms with Gasteiger partial charge in [0.1, 0.15) is 0 Å². The molecule has 0 spiro atoms. The largest absolute Gasteiger partial charge is 0.378 e. The summed E-state index contributed by atoms with van der Waals surface area (Å²) in [4.78, 5) is 44.8. The van der Waals surface area contributed by atoms with Gasteiger partial charge in [-0.2, -0.15) is 0 Å². The number of aromatic nitrogens is 1. The van der Waals surface area contributed by atoms with E-state index in [4.69, 9.17) is 4.74 Å². The molecule has 0 bridgehead atoms. The van der Waals surface area contributed by atoms with Crippen molar-refractivity contribution in [2.45, 2.75) is 17.8 Å². The molecule has 0 aliphatic carbocycles. The molecule has 1 aliphatic rings. The van der Waals surface area contributed by atoms with E-state index in [1.807, 2.05) is 43.3 Å². The zero-order chi connectivity index (χ0) is 27.2. The third kappa shape index (κ3) is 6.83. The molecule has 2 N–H and O–H groups in total. The van der Waals surface area contributed by atoms with Crippen molar-refractivity contribution in [3.05, 3.63) is 89.0 Å². The van der Waals surface area contributed by atoms with Gasteiger partial charge in [-0.15, -0.1) is 11.3 Å². The molecule has 0 saturated carbocycles. The third-order valence-electron chi connectivity index (χ3n) is 6.26. The molecule has 0 unspecified atom stereocenters. The van der Waals surface area contributed by atoms with Crippen molar-refractivity contribution in [1.82, 2.24) is 15.2 Å². The van der Waals surface area contributed by atoms with E-state index < -0.39 is 0 Å². The highest BCUT2D eigenvalue weighted by Gasteiger charge is 2.23. The number of thiazole rings is 1. The Kier molecular flexibility index (Phi) is 8.55. The van der Waals surface area contributed by atoms with Crippen molar-refractivity contribution in [2.75, 3.05) is 37.4 Å². The number of amides is 3. The highest BCUT2D eigenvalue weighted by molar-refractivity contribution is 8.01. The van der Waals surface area contributed by atoms with Crippen molar-refractivity contribution in [3.63, 3.8) is 0 Å². The molecule has 3 amide bonds. The van der Waals surface area contributed by atoms with E-state index >= 15 is 0 Å². The second-order valence-corrected chi connectivity index (χ2v) is 11.4. The molecule has 2 heterocycles. The first-order chi connectivity index (χ1) is 19.0. The second-order valence-electron chi connectivity index (χ2n) is 9.12. The average Bonchev–Trinajstić information content (AvgIpc) is 3.38. The fourth-order valence-corrected chi connectivity index (χ4v) is 6.07. The lowest BCUT2D eigenvalue weighted by atomic mass is 10.0. The number of ether oxygens (including phenoxy) is 1. The van der Waals surface area contributed by atoms with Crippen LogP contribution in [0.25, 0.3) is 10.2 Å². The highest BCUT2D eigenvalue weighted by Crippen LogP contribution is 2.31. The lowest BCUT2D eigenvalue weighted by Crippen LogP contribution is -2.41. The predicted molar refractivity (Wildman–Crippen MR) is 154 cm³/mol. The summed E-state index contributed by atoms with van der Waals surface area (Å²) in [6.45, 7) is 4.52. The second kappa shape index (κ2) is 12.4. The lowest BCUT2D eigenvalue weighted by molar-refractivity contribution is -0.118. The monoisotopic (exact) mass is 560 g/mol. The third-order valence-corrected chi connectivity index (χ3v) is 8.43. The average molecular weight is 561 g/mol. The van der Waals surface area contributed by atoms with Crippen molar-refractivity contribution in [3.8, 4) is 0 Å². The number of carbonyl (C=O) groups excluding carboxylic acids is 3. The minimum Gasteiger partial charge on any atom is -0.378 e. The van der Waals surface area contributed by atoms with Crippen LogP contribution in [-0.4, -0.2) is 59.7 Å². The number of rotatable bonds is 8. The van der Waals surface area contributed by atoms with Gasteiger partial charge in [0.2, 0.25) is 5.91 Å². The van der Waals surface area contributed by atoms with Crippen LogP contribution < -0.4 is 10.6 Å². The Morgan fingerprint density at radius 3 is 2.51 bits per heavy atom. The molecule has 0 atom stereocenters. The fraction of sp³-hybridized carbons (Fsp3) is 0.241. The van der Waals surface area contributed by atoms with E-state index in [1.54, 1.807) is 35.2 Å². The lowest BCUT2D eigenvalue weighted by Gasteiger charge is -2.27. The van der Waals surface area contributed by atoms with Gasteiger partial charge in [-0.05, 0) is 42.8 Å². The highest BCUT2D eigenvalue weighted by atomic mass is 32.2. The van der Waals surface area contributed by atoms with E-state index in [9.17, 15) is 14.4 Å². The minimum absolute atomic E-state index is 0.0573. The first-order valence-electron chi connectivity index (χ1n) is 12.6. The Balaban J connectivity index is 1.20. The SMILES string of the molecule is Cc1ccc(CNC(=O)CSc2nc3ccc(NC(=O)c4ccccc4C(=O)N4CCOCC4)cc3s2)cc1. The number of carbonyl (C=O) groups is 3. The van der Waals surface area contributed by atoms with Crippen LogP contribution in [0.2, 0.25) is 0 Å². The molecule has 4 aromatic rings. The topological polar surface area (TPSA) is 101 Å². The van der Waals surface area contributed by atoms with E-state index in [1.165, 1.54) is 28.7 Å². The van der Waals surface area contributed by atoms with Crippen LogP contribution in [-0.2, 0) is 16.1 Å². The summed E-state index contributed by atoms with van der Waals surface area (Å²) in [6.07, 6.45) is 0. The number of hydrogen-bond donors (Lipinski definition) is 2. The maximum Gasteiger partial charge on any atom is 0.256 e. The van der Waals surface area contributed by atoms with Gasteiger partial charge in [-0.1, -0.05) is 53.7 Å². The van der Waals surface area contributed by atoms with Crippen LogP contribution >= 0.6 is 23.1 Å². The number of fused-ring (bicyclic) bond motifs is 1. The predicted octanol–water partition coefficient (Wildman–Crippen LogP) is 4.74. The van der Waals surface area contributed by atoms with Gasteiger partial charge in [0.15, 0.2) is 4.34 Å². The summed E-state index contributed by atoms with van der Waals surface area (Å²) >= 11 is 2.85. The molecule has 3 aromatic carbocycles. The first-order valence-corrected chi connectivity index (χ1v) is 14.4. The van der Waals surface area contributed by atoms with Crippen LogP contribution in [0.4, 0.5) is 5.69 Å². The maximum absolute atomic E-state index is 13.2. The summed E-state index contributed by atoms with van der Waals surface area (Å²) in [5, 5.41) is 5.86. The molecule has 8 nitrogen and oxygen atoms in total. The quantitative estimate of drug-likeness (QED) is 0.302. The van der Waals surface area contributed by atoms with Crippen LogP contribution in [0.5, 0.6) is 0 Å². The van der Waals surface area contributed by atoms with Crippen molar-refractivity contribution in [1.29, 1.82) is 0 Å². The number of hydrogen-bond acceptors (Lipinski definition) is 7. The molecule has 10 heteroatoms. The zero-order valence-electron chi connectivity index (χ0n) is 21.4. The first kappa shape index (κ1) is 26.9. The summed E-state index contributed by atoms with van der Waals surface area (Å²) in [5.41, 5.74) is 4.34. The Hall–Kier alpha value is -3.73. The Morgan fingerprint density at radius 2 is 1.74 bits per heavy atom. The van der Waals surface area contributed by atoms with Crippen molar-refractivity contribution in [2.24, 2.45) is 0 Å². The van der Waals surface area contributed by atoms with Gasteiger partial charge >= 0.3 is 0 Å². The molecule has 1 aromatic heterocycles. The Bertz CT molecular complexity index is 1500. The van der Waals surface area contributed by atoms with E-state index in [0.29, 0.717) is 49.7 Å². The van der Waals surface area contributed by atoms with Crippen molar-refractivity contribution < 1.29 is 19.1 Å². The van der Waals surface area contributed by atoms with Crippen LogP contribution in [0.1, 0.15) is 31.8 Å². The van der Waals surface area contributed by atoms with Crippen LogP contribution in [0, 0.1) is 6.92 Å². The number of benzene rings is 3. The van der Waals surface area contributed by atoms with Crippen LogP contribution in [0.15, 0.2) is 71.1 Å². The van der Waals surface area contributed by atoms with E-state index in [2.05, 4.69) is 15.6 Å². The van der Waals surface area contributed by atoms with Gasteiger partial charge in [-0.3, -0.25) is 14.4 Å². The Morgan fingerprint density at radius 1 is 1.00 bits per heavy atom. The fourth-order valence-electron chi connectivity index (χ4n) is 4.13. The number of morpholine rings is 1. The van der Waals surface area contributed by atoms with E-state index in [0.717, 1.165) is 20.1 Å². The zero-order valence-corrected chi connectivity index (χ0v) is 23.1. The summed E-state index contributed by atoms with van der Waals surface area (Å²) < 4.78 is 7.01. The molecule has 39 heavy (non-hydrogen) atoms. The van der Waals surface area contributed by atoms with Crippen LogP contribution in [0.3, 0.4) is 0 Å². The Labute approximate surface area is 234 Å². The molecule has 200 valence electrons. The van der Waals surface area contributed by atoms with Gasteiger partial charge in [0.05, 0.1) is 40.3 Å². The van der Waals surface area contributed by atoms with Crippen molar-refractivity contribution >= 4 is 56.7 Å². The van der Waals surface area contributed by atoms with Gasteiger partial charge in [-0.25, -0.2) is 4.98 Å². The smallest absolute Gasteiger partial charge is 0.256 e. The number of anilines is 1. The molecular weight excluding hydrogens is 532 g/mol. The summed E-state index contributed by atoms with van der Waals surface area (Å²) in [5.74, 6) is -0.316. The normalized spacial score (nSPS) is 13.3. The van der Waals surface area contributed by atoms with Gasteiger partial charge in [0, 0.05) is 25.3 Å². The minimum atomic E-state index is -0.351. The number of aryl methyl sites for hydroxylation is 1. The van der Waals surface area contributed by atoms with Gasteiger partial charge in [0.25, 0.3) is 11.8 Å². The molecule has 0 radical (unpaired) electrons. The van der Waals surface area contributed by atoms with Gasteiger partial charge < -0.3 is 20.3 Å². The molecular formula is C29H28N4O4S2. The molecule has 1 fully saturated rings.